The maximum Gasteiger partial charge on any atom is 0.166 e. The van der Waals surface area contributed by atoms with Crippen LogP contribution in [0.3, 0.4) is 0 Å². The molecule has 0 unspecified atom stereocenters. The molecule has 0 atom stereocenters. The summed E-state index contributed by atoms with van der Waals surface area (Å²) in [6.07, 6.45) is 1.77. The van der Waals surface area contributed by atoms with E-state index in [4.69, 9.17) is 4.74 Å². The zero-order chi connectivity index (χ0) is 14.5. The highest BCUT2D eigenvalue weighted by molar-refractivity contribution is 6.83. The van der Waals surface area contributed by atoms with Crippen molar-refractivity contribution in [2.75, 3.05) is 6.61 Å². The lowest BCUT2D eigenvalue weighted by Gasteiger charge is -2.08. The van der Waals surface area contributed by atoms with E-state index in [9.17, 15) is 8.78 Å². The van der Waals surface area contributed by atoms with Gasteiger partial charge in [0.25, 0.3) is 0 Å². The van der Waals surface area contributed by atoms with Crippen LogP contribution in [0.15, 0.2) is 12.1 Å². The van der Waals surface area contributed by atoms with Gasteiger partial charge in [0.1, 0.15) is 13.9 Å². The monoisotopic (exact) mass is 282 g/mol. The Morgan fingerprint density at radius 2 is 1.84 bits per heavy atom. The molecule has 0 bridgehead atoms. The Hall–Kier alpha value is -1.34. The predicted molar refractivity (Wildman–Crippen MR) is 77.0 cm³/mol. The number of rotatable bonds is 4. The fraction of sp³-hybridized carbons (Fsp3) is 0.467. The lowest BCUT2D eigenvalue weighted by Crippen LogP contribution is -2.16. The van der Waals surface area contributed by atoms with E-state index in [0.29, 0.717) is 6.61 Å². The number of ether oxygens (including phenoxy) is 1. The zero-order valence-electron chi connectivity index (χ0n) is 11.9. The summed E-state index contributed by atoms with van der Waals surface area (Å²) in [5.41, 5.74) is 3.12. The van der Waals surface area contributed by atoms with Gasteiger partial charge in [-0.3, -0.25) is 0 Å². The number of unbranched alkanes of at least 4 members (excludes halogenated alkanes) is 1. The predicted octanol–water partition coefficient (Wildman–Crippen LogP) is 4.37. The maximum absolute atomic E-state index is 13.8. The first-order valence-electron chi connectivity index (χ1n) is 6.48. The van der Waals surface area contributed by atoms with Gasteiger partial charge in [0, 0.05) is 6.07 Å². The van der Waals surface area contributed by atoms with Crippen LogP contribution in [0.4, 0.5) is 8.78 Å². The van der Waals surface area contributed by atoms with Crippen molar-refractivity contribution < 1.29 is 13.5 Å². The highest BCUT2D eigenvalue weighted by Crippen LogP contribution is 2.21. The van der Waals surface area contributed by atoms with Crippen LogP contribution in [0.25, 0.3) is 0 Å². The first-order chi connectivity index (χ1) is 8.83. The topological polar surface area (TPSA) is 9.23 Å². The highest BCUT2D eigenvalue weighted by Gasteiger charge is 2.11. The molecule has 0 aliphatic heterocycles. The van der Waals surface area contributed by atoms with Crippen LogP contribution in [0.1, 0.15) is 25.3 Å². The Labute approximate surface area is 115 Å². The molecule has 1 rings (SSSR count). The van der Waals surface area contributed by atoms with Crippen molar-refractivity contribution in [2.24, 2.45) is 0 Å². The van der Waals surface area contributed by atoms with Crippen molar-refractivity contribution in [3.63, 3.8) is 0 Å². The van der Waals surface area contributed by atoms with Gasteiger partial charge in [0.05, 0.1) is 12.2 Å². The van der Waals surface area contributed by atoms with Crippen molar-refractivity contribution in [1.82, 2.24) is 0 Å². The van der Waals surface area contributed by atoms with Crippen molar-refractivity contribution in [3.05, 3.63) is 29.3 Å². The second kappa shape index (κ2) is 6.72. The van der Waals surface area contributed by atoms with Gasteiger partial charge in [-0.25, -0.2) is 8.78 Å². The van der Waals surface area contributed by atoms with Crippen molar-refractivity contribution >= 4 is 8.07 Å². The number of benzene rings is 1. The molecule has 4 heteroatoms. The summed E-state index contributed by atoms with van der Waals surface area (Å²) in [4.78, 5) is 0. The Bertz CT molecular complexity index is 495. The molecule has 0 saturated carbocycles. The first kappa shape index (κ1) is 15.7. The van der Waals surface area contributed by atoms with Crippen molar-refractivity contribution in [2.45, 2.75) is 39.4 Å². The first-order valence-corrected chi connectivity index (χ1v) is 9.98. The molecule has 1 aromatic carbocycles. The van der Waals surface area contributed by atoms with Crippen LogP contribution in [0.2, 0.25) is 19.6 Å². The number of hydrogen-bond donors (Lipinski definition) is 0. The molecule has 19 heavy (non-hydrogen) atoms. The summed E-state index contributed by atoms with van der Waals surface area (Å²) >= 11 is 0. The standard InChI is InChI=1S/C15H20F2OSi/c1-5-6-8-18-15-11-13(16)12(10-14(15)17)7-9-19(2,3)4/h10-11H,5-6,8H2,1-4H3. The SMILES string of the molecule is CCCCOc1cc(F)c(C#C[Si](C)(C)C)cc1F. The van der Waals surface area contributed by atoms with Gasteiger partial charge < -0.3 is 4.74 Å². The summed E-state index contributed by atoms with van der Waals surface area (Å²) in [6.45, 7) is 8.56. The van der Waals surface area contributed by atoms with Gasteiger partial charge in [-0.05, 0) is 12.5 Å². The van der Waals surface area contributed by atoms with E-state index in [1.807, 2.05) is 6.92 Å². The Balaban J connectivity index is 2.93. The van der Waals surface area contributed by atoms with Crippen molar-refractivity contribution in [3.8, 4) is 17.2 Å². The zero-order valence-corrected chi connectivity index (χ0v) is 12.9. The Morgan fingerprint density at radius 3 is 2.42 bits per heavy atom. The molecule has 0 fully saturated rings. The molecule has 0 radical (unpaired) electrons. The van der Waals surface area contributed by atoms with E-state index in [1.54, 1.807) is 0 Å². The Kier molecular flexibility index (Phi) is 5.55. The van der Waals surface area contributed by atoms with Crippen LogP contribution in [-0.4, -0.2) is 14.7 Å². The van der Waals surface area contributed by atoms with Crippen LogP contribution in [-0.2, 0) is 0 Å². The molecule has 0 aromatic heterocycles. The maximum atomic E-state index is 13.8. The second-order valence-electron chi connectivity index (χ2n) is 5.46. The molecule has 0 aliphatic carbocycles. The summed E-state index contributed by atoms with van der Waals surface area (Å²) in [5.74, 6) is 1.60. The summed E-state index contributed by atoms with van der Waals surface area (Å²) in [5, 5.41) is 0. The summed E-state index contributed by atoms with van der Waals surface area (Å²) in [7, 11) is -1.60. The minimum atomic E-state index is -1.60. The summed E-state index contributed by atoms with van der Waals surface area (Å²) in [6, 6.07) is 2.20. The molecule has 1 aromatic rings. The molecule has 0 saturated heterocycles. The lowest BCUT2D eigenvalue weighted by atomic mass is 10.2. The normalized spacial score (nSPS) is 10.8. The molecule has 0 heterocycles. The third-order valence-electron chi connectivity index (χ3n) is 2.35. The van der Waals surface area contributed by atoms with Gasteiger partial charge >= 0.3 is 0 Å². The van der Waals surface area contributed by atoms with Crippen LogP contribution < -0.4 is 4.74 Å². The van der Waals surface area contributed by atoms with E-state index >= 15 is 0 Å². The molecule has 0 spiro atoms. The van der Waals surface area contributed by atoms with Gasteiger partial charge in [-0.1, -0.05) is 38.9 Å². The molecule has 0 N–H and O–H groups in total. The van der Waals surface area contributed by atoms with E-state index in [-0.39, 0.29) is 11.3 Å². The molecule has 1 nitrogen and oxygen atoms in total. The average molecular weight is 282 g/mol. The van der Waals surface area contributed by atoms with Crippen LogP contribution in [0.5, 0.6) is 5.75 Å². The third kappa shape index (κ3) is 5.44. The summed E-state index contributed by atoms with van der Waals surface area (Å²) < 4.78 is 32.7. The minimum Gasteiger partial charge on any atom is -0.490 e. The van der Waals surface area contributed by atoms with Gasteiger partial charge in [0.15, 0.2) is 11.6 Å². The molecule has 0 aliphatic rings. The van der Waals surface area contributed by atoms with Gasteiger partial charge in [-0.15, -0.1) is 5.54 Å². The number of halogens is 2. The third-order valence-corrected chi connectivity index (χ3v) is 3.22. The van der Waals surface area contributed by atoms with Gasteiger partial charge in [0.2, 0.25) is 0 Å². The molecule has 0 amide bonds. The van der Waals surface area contributed by atoms with Crippen LogP contribution in [0, 0.1) is 23.1 Å². The van der Waals surface area contributed by atoms with Crippen molar-refractivity contribution in [1.29, 1.82) is 0 Å². The van der Waals surface area contributed by atoms with Gasteiger partial charge in [-0.2, -0.15) is 0 Å². The van der Waals surface area contributed by atoms with E-state index in [2.05, 4.69) is 31.1 Å². The minimum absolute atomic E-state index is 0.0375. The lowest BCUT2D eigenvalue weighted by molar-refractivity contribution is 0.292. The van der Waals surface area contributed by atoms with E-state index in [1.165, 1.54) is 0 Å². The fourth-order valence-corrected chi connectivity index (χ4v) is 1.83. The quantitative estimate of drug-likeness (QED) is 0.452. The fourth-order valence-electron chi connectivity index (χ4n) is 1.32. The number of hydrogen-bond acceptors (Lipinski definition) is 1. The van der Waals surface area contributed by atoms with Crippen LogP contribution >= 0.6 is 0 Å². The highest BCUT2D eigenvalue weighted by atomic mass is 28.3. The smallest absolute Gasteiger partial charge is 0.166 e. The average Bonchev–Trinajstić information content (AvgIpc) is 2.30. The van der Waals surface area contributed by atoms with E-state index < -0.39 is 19.7 Å². The Morgan fingerprint density at radius 1 is 1.16 bits per heavy atom. The molecular weight excluding hydrogens is 262 g/mol. The molecule has 104 valence electrons. The van der Waals surface area contributed by atoms with E-state index in [0.717, 1.165) is 25.0 Å². The largest absolute Gasteiger partial charge is 0.490 e. The second-order valence-corrected chi connectivity index (χ2v) is 10.2. The molecular formula is C15H20F2OSi.